The molecular formula is C6H18N2Ru. The van der Waals surface area contributed by atoms with Gasteiger partial charge in [-0.3, -0.25) is 0 Å². The Morgan fingerprint density at radius 2 is 0.778 bits per heavy atom. The van der Waals surface area contributed by atoms with Crippen molar-refractivity contribution in [3.63, 3.8) is 0 Å². The first-order valence-corrected chi connectivity index (χ1v) is 1.21. The summed E-state index contributed by atoms with van der Waals surface area (Å²) in [6.07, 6.45) is 0. The van der Waals surface area contributed by atoms with Gasteiger partial charge < -0.3 is 41.2 Å². The summed E-state index contributed by atoms with van der Waals surface area (Å²) in [5.41, 5.74) is 12.5. The first-order valence-electron chi connectivity index (χ1n) is 1.21. The second-order valence-electron chi connectivity index (χ2n) is 0.500. The molecule has 0 aliphatic rings. The second-order valence-corrected chi connectivity index (χ2v) is 0.500. The van der Waals surface area contributed by atoms with E-state index in [0.717, 1.165) is 0 Å². The molecule has 0 aliphatic heterocycles. The molecule has 0 radical (unpaired) electrons. The van der Waals surface area contributed by atoms with Crippen LogP contribution >= 0.6 is 0 Å². The molecule has 0 saturated heterocycles. The zero-order valence-electron chi connectivity index (χ0n) is 6.77. The largest absolute Gasteiger partial charge is 6.00 e. The molecule has 9 heavy (non-hydrogen) atoms. The fourth-order valence-electron chi connectivity index (χ4n) is 0. The molecular weight excluding hydrogens is 201 g/mol. The van der Waals surface area contributed by atoms with Gasteiger partial charge in [0.15, 0.2) is 0 Å². The average Bonchev–Trinajstić information content (AvgIpc) is 1.37. The third-order valence-electron chi connectivity index (χ3n) is 0.125. The minimum absolute atomic E-state index is 0. The summed E-state index contributed by atoms with van der Waals surface area (Å²) in [4.78, 5) is 0. The van der Waals surface area contributed by atoms with Gasteiger partial charge in [-0.05, 0) is 0 Å². The Balaban J connectivity index is -0.00000000450. The van der Waals surface area contributed by atoms with Crippen molar-refractivity contribution in [2.75, 3.05) is 13.1 Å². The van der Waals surface area contributed by atoms with E-state index in [2.05, 4.69) is 0 Å². The van der Waals surface area contributed by atoms with Gasteiger partial charge in [0, 0.05) is 0 Å². The van der Waals surface area contributed by atoms with Gasteiger partial charge in [0.05, 0.1) is 0 Å². The van der Waals surface area contributed by atoms with Crippen LogP contribution in [0.2, 0.25) is 0 Å². The summed E-state index contributed by atoms with van der Waals surface area (Å²) < 4.78 is 0. The van der Waals surface area contributed by atoms with E-state index in [9.17, 15) is 0 Å². The predicted octanol–water partition coefficient (Wildman–Crippen LogP) is 2.89. The molecule has 0 unspecified atom stereocenters. The van der Waals surface area contributed by atoms with Gasteiger partial charge in [-0.1, -0.05) is 0 Å². The maximum atomic E-state index is 6.26. The van der Waals surface area contributed by atoms with Crippen LogP contribution in [-0.4, -0.2) is 13.1 Å². The van der Waals surface area contributed by atoms with Crippen LogP contribution in [0, 0.1) is 29.7 Å². The minimum Gasteiger partial charge on any atom is -0.679 e. The van der Waals surface area contributed by atoms with Crippen LogP contribution in [0.4, 0.5) is 0 Å². The average molecular weight is 219 g/mol. The fraction of sp³-hybridized carbons (Fsp3) is 0.333. The molecule has 0 amide bonds. The molecule has 2 N–H and O–H groups in total. The Bertz CT molecular complexity index is 13.0. The van der Waals surface area contributed by atoms with Crippen molar-refractivity contribution >= 4 is 0 Å². The van der Waals surface area contributed by atoms with E-state index in [1.165, 1.54) is 0 Å². The Morgan fingerprint density at radius 1 is 0.667 bits per heavy atom. The van der Waals surface area contributed by atoms with E-state index >= 15 is 0 Å². The second kappa shape index (κ2) is 75.2. The van der Waals surface area contributed by atoms with Gasteiger partial charge in [0.25, 0.3) is 0 Å². The molecule has 2 nitrogen and oxygen atoms in total. The fourth-order valence-corrected chi connectivity index (χ4v) is 0. The minimum atomic E-state index is 0. The van der Waals surface area contributed by atoms with Gasteiger partial charge in [0.2, 0.25) is 0 Å². The Kier molecular flexibility index (Phi) is 463. The van der Waals surface area contributed by atoms with E-state index in [0.29, 0.717) is 0 Å². The Hall–Kier alpha value is 0.543. The standard InChI is InChI=1S/C2H6N2.4CH3.Ru/c3-1-2-4;;;;;/h3-4H,1-2H2;4*1H3;/q-2;4*-1;+6. The van der Waals surface area contributed by atoms with Crippen LogP contribution in [0.15, 0.2) is 0 Å². The summed E-state index contributed by atoms with van der Waals surface area (Å²) in [5.74, 6) is 0. The van der Waals surface area contributed by atoms with E-state index in [1.54, 1.807) is 0 Å². The predicted molar refractivity (Wildman–Crippen MR) is 44.0 cm³/mol. The van der Waals surface area contributed by atoms with Gasteiger partial charge in [-0.25, -0.2) is 0 Å². The van der Waals surface area contributed by atoms with E-state index in [4.69, 9.17) is 11.5 Å². The van der Waals surface area contributed by atoms with Gasteiger partial charge in [-0.15, -0.1) is 0 Å². The molecule has 0 saturated carbocycles. The first-order chi connectivity index (χ1) is 1.91. The quantitative estimate of drug-likeness (QED) is 0.481. The van der Waals surface area contributed by atoms with Gasteiger partial charge >= 0.3 is 19.5 Å². The van der Waals surface area contributed by atoms with Crippen LogP contribution < -0.4 is 0 Å². The maximum absolute atomic E-state index is 6.26. The van der Waals surface area contributed by atoms with Crippen molar-refractivity contribution in [2.24, 2.45) is 0 Å². The van der Waals surface area contributed by atoms with Crippen LogP contribution in [0.5, 0.6) is 0 Å². The Morgan fingerprint density at radius 3 is 0.778 bits per heavy atom. The summed E-state index contributed by atoms with van der Waals surface area (Å²) in [6.45, 7) is 0.472. The summed E-state index contributed by atoms with van der Waals surface area (Å²) >= 11 is 0. The number of rotatable bonds is 1. The van der Waals surface area contributed by atoms with E-state index < -0.39 is 0 Å². The smallest absolute Gasteiger partial charge is 0.679 e. The summed E-state index contributed by atoms with van der Waals surface area (Å²) in [7, 11) is 0. The number of hydrogen-bond acceptors (Lipinski definition) is 0. The summed E-state index contributed by atoms with van der Waals surface area (Å²) in [5, 5.41) is 0. The molecule has 0 aromatic rings. The van der Waals surface area contributed by atoms with Crippen molar-refractivity contribution in [3.05, 3.63) is 41.2 Å². The van der Waals surface area contributed by atoms with Crippen LogP contribution in [0.3, 0.4) is 0 Å². The number of hydrogen-bond donors (Lipinski definition) is 0. The summed E-state index contributed by atoms with van der Waals surface area (Å²) in [6, 6.07) is 0. The molecule has 60 valence electrons. The van der Waals surface area contributed by atoms with Crippen LogP contribution in [-0.2, 0) is 19.5 Å². The number of nitrogens with one attached hydrogen (secondary N) is 2. The zero-order valence-corrected chi connectivity index (χ0v) is 8.51. The van der Waals surface area contributed by atoms with Crippen molar-refractivity contribution in [2.45, 2.75) is 0 Å². The van der Waals surface area contributed by atoms with Gasteiger partial charge in [-0.2, -0.15) is 13.1 Å². The van der Waals surface area contributed by atoms with Crippen molar-refractivity contribution in [1.29, 1.82) is 0 Å². The van der Waals surface area contributed by atoms with Crippen molar-refractivity contribution in [3.8, 4) is 0 Å². The third kappa shape index (κ3) is 154. The molecule has 3 heteroatoms. The molecule has 0 rings (SSSR count). The van der Waals surface area contributed by atoms with Crippen LogP contribution in [0.1, 0.15) is 0 Å². The third-order valence-corrected chi connectivity index (χ3v) is 0.125. The molecule has 0 heterocycles. The topological polar surface area (TPSA) is 47.6 Å². The maximum Gasteiger partial charge on any atom is 6.00 e. The van der Waals surface area contributed by atoms with Crippen LogP contribution in [0.25, 0.3) is 11.5 Å². The molecule has 0 fully saturated rings. The van der Waals surface area contributed by atoms with E-state index in [-0.39, 0.29) is 62.3 Å². The molecule has 0 aliphatic carbocycles. The van der Waals surface area contributed by atoms with Gasteiger partial charge in [0.1, 0.15) is 0 Å². The molecule has 0 aromatic carbocycles. The monoisotopic (exact) mass is 220 g/mol. The first kappa shape index (κ1) is 55.5. The zero-order chi connectivity index (χ0) is 3.41. The van der Waals surface area contributed by atoms with Crippen molar-refractivity contribution < 1.29 is 19.5 Å². The normalized spacial score (nSPS) is 3.33. The molecule has 0 spiro atoms. The van der Waals surface area contributed by atoms with E-state index in [1.807, 2.05) is 0 Å². The van der Waals surface area contributed by atoms with Crippen molar-refractivity contribution in [1.82, 2.24) is 0 Å². The molecule has 0 aromatic heterocycles. The SMILES string of the molecule is [CH3-].[CH3-].[CH3-].[CH3-].[NH-]CC[NH-].[Ru+6]. The molecule has 0 bridgehead atoms. The molecule has 0 atom stereocenters. The Labute approximate surface area is 74.2 Å².